The van der Waals surface area contributed by atoms with E-state index in [0.29, 0.717) is 4.47 Å². The number of amidine groups is 1. The molecular weight excluding hydrogens is 318 g/mol. The molecule has 2 aromatic carbocycles. The first-order chi connectivity index (χ1) is 8.99. The number of ether oxygens (including phenoxy) is 1. The molecule has 2 aromatic rings. The molecular formula is C13H9BrF2N2O. The van der Waals surface area contributed by atoms with Gasteiger partial charge in [0.15, 0.2) is 11.6 Å². The molecule has 0 heterocycles. The number of hydrogen-bond donors (Lipinski definition) is 2. The highest BCUT2D eigenvalue weighted by Crippen LogP contribution is 2.31. The van der Waals surface area contributed by atoms with Crippen LogP contribution in [0.1, 0.15) is 5.56 Å². The highest BCUT2D eigenvalue weighted by Gasteiger charge is 2.14. The predicted octanol–water partition coefficient (Wildman–Crippen LogP) is 3.80. The predicted molar refractivity (Wildman–Crippen MR) is 71.6 cm³/mol. The second kappa shape index (κ2) is 5.36. The van der Waals surface area contributed by atoms with Crippen molar-refractivity contribution < 1.29 is 13.5 Å². The van der Waals surface area contributed by atoms with Crippen molar-refractivity contribution in [2.24, 2.45) is 5.73 Å². The molecule has 98 valence electrons. The summed E-state index contributed by atoms with van der Waals surface area (Å²) in [6, 6.07) is 7.73. The Labute approximate surface area is 116 Å². The molecule has 0 unspecified atom stereocenters. The lowest BCUT2D eigenvalue weighted by Gasteiger charge is -2.12. The minimum atomic E-state index is -0.698. The molecule has 0 aromatic heterocycles. The lowest BCUT2D eigenvalue weighted by Crippen LogP contribution is -2.13. The van der Waals surface area contributed by atoms with Crippen LogP contribution in [0.25, 0.3) is 0 Å². The average Bonchev–Trinajstić information content (AvgIpc) is 2.33. The molecule has 0 atom stereocenters. The van der Waals surface area contributed by atoms with Crippen LogP contribution in [0.15, 0.2) is 40.9 Å². The normalized spacial score (nSPS) is 10.3. The van der Waals surface area contributed by atoms with E-state index in [2.05, 4.69) is 15.9 Å². The summed E-state index contributed by atoms with van der Waals surface area (Å²) in [6.07, 6.45) is 0. The van der Waals surface area contributed by atoms with Gasteiger partial charge in [-0.2, -0.15) is 0 Å². The van der Waals surface area contributed by atoms with E-state index < -0.39 is 11.6 Å². The number of rotatable bonds is 3. The van der Waals surface area contributed by atoms with E-state index in [4.69, 9.17) is 15.9 Å². The fourth-order valence-corrected chi connectivity index (χ4v) is 2.09. The van der Waals surface area contributed by atoms with Gasteiger partial charge in [0.1, 0.15) is 17.4 Å². The van der Waals surface area contributed by atoms with Crippen LogP contribution < -0.4 is 10.5 Å². The van der Waals surface area contributed by atoms with Gasteiger partial charge in [0.25, 0.3) is 0 Å². The zero-order valence-electron chi connectivity index (χ0n) is 9.58. The summed E-state index contributed by atoms with van der Waals surface area (Å²) in [5.41, 5.74) is 5.73. The molecule has 0 radical (unpaired) electrons. The van der Waals surface area contributed by atoms with E-state index in [0.717, 1.165) is 18.2 Å². The fraction of sp³-hybridized carbons (Fsp3) is 0. The molecule has 0 amide bonds. The maximum absolute atomic E-state index is 13.5. The quantitative estimate of drug-likeness (QED) is 0.665. The average molecular weight is 327 g/mol. The monoisotopic (exact) mass is 326 g/mol. The van der Waals surface area contributed by atoms with Crippen LogP contribution in [0.4, 0.5) is 8.78 Å². The Balaban J connectivity index is 2.46. The highest BCUT2D eigenvalue weighted by molar-refractivity contribution is 9.10. The smallest absolute Gasteiger partial charge is 0.166 e. The van der Waals surface area contributed by atoms with Gasteiger partial charge < -0.3 is 10.5 Å². The van der Waals surface area contributed by atoms with Gasteiger partial charge in [-0.15, -0.1) is 0 Å². The molecule has 0 saturated carbocycles. The Kier molecular flexibility index (Phi) is 3.80. The third-order valence-electron chi connectivity index (χ3n) is 2.36. The number of nitrogen functional groups attached to an aromatic ring is 1. The third kappa shape index (κ3) is 2.90. The van der Waals surface area contributed by atoms with Crippen molar-refractivity contribution in [3.63, 3.8) is 0 Å². The van der Waals surface area contributed by atoms with Gasteiger partial charge in [-0.25, -0.2) is 8.78 Å². The minimum Gasteiger partial charge on any atom is -0.453 e. The Morgan fingerprint density at radius 1 is 1.16 bits per heavy atom. The van der Waals surface area contributed by atoms with Gasteiger partial charge in [-0.05, 0) is 40.2 Å². The van der Waals surface area contributed by atoms with Crippen molar-refractivity contribution in [3.05, 3.63) is 58.1 Å². The highest BCUT2D eigenvalue weighted by atomic mass is 79.9. The second-order valence-corrected chi connectivity index (χ2v) is 4.56. The van der Waals surface area contributed by atoms with Crippen molar-refractivity contribution in [3.8, 4) is 11.5 Å². The molecule has 2 rings (SSSR count). The van der Waals surface area contributed by atoms with Crippen LogP contribution in [0, 0.1) is 17.0 Å². The first kappa shape index (κ1) is 13.5. The number of nitrogens with one attached hydrogen (secondary N) is 1. The Hall–Kier alpha value is -1.95. The largest absolute Gasteiger partial charge is 0.453 e. The Morgan fingerprint density at radius 3 is 2.58 bits per heavy atom. The van der Waals surface area contributed by atoms with Crippen LogP contribution in [-0.2, 0) is 0 Å². The van der Waals surface area contributed by atoms with Crippen molar-refractivity contribution in [2.45, 2.75) is 0 Å². The van der Waals surface area contributed by atoms with Gasteiger partial charge in [0.2, 0.25) is 0 Å². The SMILES string of the molecule is N=C(N)c1c(Br)cccc1Oc1cc(F)ccc1F. The maximum Gasteiger partial charge on any atom is 0.166 e. The lowest BCUT2D eigenvalue weighted by atomic mass is 10.2. The molecule has 0 aliphatic carbocycles. The first-order valence-electron chi connectivity index (χ1n) is 5.25. The number of nitrogens with two attached hydrogens (primary N) is 1. The molecule has 0 fully saturated rings. The van der Waals surface area contributed by atoms with Crippen molar-refractivity contribution in [1.29, 1.82) is 5.41 Å². The van der Waals surface area contributed by atoms with Crippen LogP contribution >= 0.6 is 15.9 Å². The molecule has 3 nitrogen and oxygen atoms in total. The summed E-state index contributed by atoms with van der Waals surface area (Å²) < 4.78 is 32.4. The molecule has 0 aliphatic heterocycles. The van der Waals surface area contributed by atoms with Crippen LogP contribution in [0.5, 0.6) is 11.5 Å². The van der Waals surface area contributed by atoms with Crippen molar-refractivity contribution >= 4 is 21.8 Å². The van der Waals surface area contributed by atoms with Gasteiger partial charge in [0.05, 0.1) is 5.56 Å². The maximum atomic E-state index is 13.5. The van der Waals surface area contributed by atoms with Crippen LogP contribution in [0.2, 0.25) is 0 Å². The topological polar surface area (TPSA) is 59.1 Å². The number of halogens is 3. The van der Waals surface area contributed by atoms with Gasteiger partial charge >= 0.3 is 0 Å². The van der Waals surface area contributed by atoms with E-state index in [1.165, 1.54) is 6.07 Å². The van der Waals surface area contributed by atoms with E-state index in [1.807, 2.05) is 0 Å². The van der Waals surface area contributed by atoms with Gasteiger partial charge in [-0.3, -0.25) is 5.41 Å². The van der Waals surface area contributed by atoms with E-state index >= 15 is 0 Å². The second-order valence-electron chi connectivity index (χ2n) is 3.70. The van der Waals surface area contributed by atoms with Crippen LogP contribution in [-0.4, -0.2) is 5.84 Å². The molecule has 0 saturated heterocycles. The molecule has 0 bridgehead atoms. The third-order valence-corrected chi connectivity index (χ3v) is 3.02. The number of benzene rings is 2. The molecule has 6 heteroatoms. The van der Waals surface area contributed by atoms with E-state index in [9.17, 15) is 8.78 Å². The van der Waals surface area contributed by atoms with Crippen LogP contribution in [0.3, 0.4) is 0 Å². The zero-order valence-corrected chi connectivity index (χ0v) is 11.2. The molecule has 3 N–H and O–H groups in total. The lowest BCUT2D eigenvalue weighted by molar-refractivity contribution is 0.435. The summed E-state index contributed by atoms with van der Waals surface area (Å²) >= 11 is 3.23. The van der Waals surface area contributed by atoms with E-state index in [1.54, 1.807) is 12.1 Å². The number of hydrogen-bond acceptors (Lipinski definition) is 2. The standard InChI is InChI=1S/C13H9BrF2N2O/c14-8-2-1-3-10(12(8)13(17)18)19-11-6-7(15)4-5-9(11)16/h1-6H,(H3,17,18). The minimum absolute atomic E-state index is 0.173. The summed E-state index contributed by atoms with van der Waals surface area (Å²) in [5.74, 6) is -1.64. The summed E-state index contributed by atoms with van der Waals surface area (Å²) in [4.78, 5) is 0. The van der Waals surface area contributed by atoms with Crippen molar-refractivity contribution in [1.82, 2.24) is 0 Å². The van der Waals surface area contributed by atoms with Gasteiger partial charge in [-0.1, -0.05) is 6.07 Å². The summed E-state index contributed by atoms with van der Waals surface area (Å²) in [5, 5.41) is 7.48. The van der Waals surface area contributed by atoms with Gasteiger partial charge in [0, 0.05) is 10.5 Å². The summed E-state index contributed by atoms with van der Waals surface area (Å²) in [6.45, 7) is 0. The Bertz CT molecular complexity index is 647. The molecule has 0 spiro atoms. The Morgan fingerprint density at radius 2 is 1.89 bits per heavy atom. The zero-order chi connectivity index (χ0) is 14.0. The summed E-state index contributed by atoms with van der Waals surface area (Å²) in [7, 11) is 0. The van der Waals surface area contributed by atoms with Crippen molar-refractivity contribution in [2.75, 3.05) is 0 Å². The first-order valence-corrected chi connectivity index (χ1v) is 6.04. The molecule has 19 heavy (non-hydrogen) atoms. The van der Waals surface area contributed by atoms with E-state index in [-0.39, 0.29) is 22.9 Å². The molecule has 0 aliphatic rings. The fourth-order valence-electron chi connectivity index (χ4n) is 1.52.